The lowest BCUT2D eigenvalue weighted by molar-refractivity contribution is 0.102. The van der Waals surface area contributed by atoms with Gasteiger partial charge in [-0.3, -0.25) is 4.79 Å². The molecule has 0 saturated heterocycles. The van der Waals surface area contributed by atoms with Gasteiger partial charge in [0.1, 0.15) is 5.69 Å². The van der Waals surface area contributed by atoms with Crippen molar-refractivity contribution in [3.63, 3.8) is 0 Å². The number of benzene rings is 2. The van der Waals surface area contributed by atoms with Gasteiger partial charge < -0.3 is 5.32 Å². The lowest BCUT2D eigenvalue weighted by Gasteiger charge is -2.06. The number of thiazole rings is 1. The quantitative estimate of drug-likeness (QED) is 0.762. The van der Waals surface area contributed by atoms with Gasteiger partial charge in [-0.15, -0.1) is 11.3 Å². The third-order valence-corrected chi connectivity index (χ3v) is 4.31. The Morgan fingerprint density at radius 2 is 1.78 bits per heavy atom. The molecule has 0 spiro atoms. The van der Waals surface area contributed by atoms with E-state index in [2.05, 4.69) is 28.5 Å². The summed E-state index contributed by atoms with van der Waals surface area (Å²) in [6, 6.07) is 16.1. The van der Waals surface area contributed by atoms with Gasteiger partial charge in [-0.1, -0.05) is 36.4 Å². The second-order valence-corrected chi connectivity index (χ2v) is 6.56. The van der Waals surface area contributed by atoms with Crippen molar-refractivity contribution in [2.75, 3.05) is 5.32 Å². The summed E-state index contributed by atoms with van der Waals surface area (Å²) >= 11 is 1.52. The average molecular weight is 322 g/mol. The van der Waals surface area contributed by atoms with Crippen LogP contribution >= 0.6 is 11.3 Å². The molecule has 0 fully saturated rings. The van der Waals surface area contributed by atoms with Crippen molar-refractivity contribution in [2.24, 2.45) is 0 Å². The van der Waals surface area contributed by atoms with Gasteiger partial charge in [-0.2, -0.15) is 0 Å². The number of carbonyl (C=O) groups excluding carboxylic acids is 1. The summed E-state index contributed by atoms with van der Waals surface area (Å²) < 4.78 is 0. The Bertz CT molecular complexity index is 804. The number of anilines is 1. The molecule has 116 valence electrons. The van der Waals surface area contributed by atoms with Crippen LogP contribution in [0.4, 0.5) is 5.69 Å². The van der Waals surface area contributed by atoms with Gasteiger partial charge in [-0.05, 0) is 42.7 Å². The Morgan fingerprint density at radius 3 is 2.48 bits per heavy atom. The Hall–Kier alpha value is -2.46. The molecule has 3 aromatic rings. The fourth-order valence-corrected chi connectivity index (χ4v) is 3.32. The van der Waals surface area contributed by atoms with Gasteiger partial charge in [-0.25, -0.2) is 4.98 Å². The highest BCUT2D eigenvalue weighted by Gasteiger charge is 2.11. The van der Waals surface area contributed by atoms with E-state index in [0.29, 0.717) is 5.69 Å². The first kappa shape index (κ1) is 15.4. The Labute approximate surface area is 140 Å². The van der Waals surface area contributed by atoms with Gasteiger partial charge in [0.25, 0.3) is 5.91 Å². The minimum atomic E-state index is -0.162. The van der Waals surface area contributed by atoms with Crippen molar-refractivity contribution in [2.45, 2.75) is 20.3 Å². The fourth-order valence-electron chi connectivity index (χ4n) is 2.51. The summed E-state index contributed by atoms with van der Waals surface area (Å²) in [6.45, 7) is 4.03. The van der Waals surface area contributed by atoms with E-state index in [-0.39, 0.29) is 5.91 Å². The van der Waals surface area contributed by atoms with E-state index in [1.165, 1.54) is 16.9 Å². The van der Waals surface area contributed by atoms with E-state index in [0.717, 1.165) is 28.2 Å². The molecule has 0 atom stereocenters. The van der Waals surface area contributed by atoms with E-state index < -0.39 is 0 Å². The monoisotopic (exact) mass is 322 g/mol. The Morgan fingerprint density at radius 1 is 1.09 bits per heavy atom. The molecule has 0 bridgehead atoms. The van der Waals surface area contributed by atoms with Crippen molar-refractivity contribution in [3.8, 4) is 0 Å². The number of carbonyl (C=O) groups is 1. The fraction of sp³-hybridized carbons (Fsp3) is 0.158. The maximum Gasteiger partial charge on any atom is 0.275 e. The Balaban J connectivity index is 1.71. The van der Waals surface area contributed by atoms with Crippen LogP contribution in [0.3, 0.4) is 0 Å². The molecule has 3 nitrogen and oxygen atoms in total. The van der Waals surface area contributed by atoms with E-state index in [1.807, 2.05) is 49.6 Å². The molecule has 0 aliphatic heterocycles. The predicted octanol–water partition coefficient (Wildman–Crippen LogP) is 4.60. The largest absolute Gasteiger partial charge is 0.321 e. The van der Waals surface area contributed by atoms with Crippen LogP contribution in [0.5, 0.6) is 0 Å². The number of amides is 1. The molecular formula is C19H18N2OS. The highest BCUT2D eigenvalue weighted by molar-refractivity contribution is 7.09. The minimum Gasteiger partial charge on any atom is -0.321 e. The Kier molecular flexibility index (Phi) is 4.53. The first-order valence-electron chi connectivity index (χ1n) is 7.48. The number of aryl methyl sites for hydroxylation is 2. The van der Waals surface area contributed by atoms with Crippen LogP contribution in [0.15, 0.2) is 53.9 Å². The van der Waals surface area contributed by atoms with Crippen LogP contribution in [-0.2, 0) is 6.42 Å². The van der Waals surface area contributed by atoms with Crippen LogP contribution in [0, 0.1) is 13.8 Å². The number of nitrogens with zero attached hydrogens (tertiary/aromatic N) is 1. The van der Waals surface area contributed by atoms with E-state index in [9.17, 15) is 4.79 Å². The lowest BCUT2D eigenvalue weighted by Crippen LogP contribution is -2.12. The number of hydrogen-bond acceptors (Lipinski definition) is 3. The molecule has 2 aromatic carbocycles. The zero-order valence-electron chi connectivity index (χ0n) is 13.2. The van der Waals surface area contributed by atoms with Crippen LogP contribution in [0.1, 0.15) is 32.2 Å². The lowest BCUT2D eigenvalue weighted by atomic mass is 10.1. The standard InChI is InChI=1S/C19H18N2OS/c1-13-8-14(2)10-16(9-13)20-19(22)17-12-23-18(21-17)11-15-6-4-3-5-7-15/h3-10,12H,11H2,1-2H3,(H,20,22). The van der Waals surface area contributed by atoms with Gasteiger partial charge in [0.15, 0.2) is 0 Å². The van der Waals surface area contributed by atoms with Crippen molar-refractivity contribution in [1.82, 2.24) is 4.98 Å². The summed E-state index contributed by atoms with van der Waals surface area (Å²) in [5.41, 5.74) is 4.74. The van der Waals surface area contributed by atoms with Crippen LogP contribution in [0.25, 0.3) is 0 Å². The maximum atomic E-state index is 12.3. The zero-order chi connectivity index (χ0) is 16.2. The van der Waals surface area contributed by atoms with Gasteiger partial charge in [0, 0.05) is 17.5 Å². The number of aromatic nitrogens is 1. The third-order valence-electron chi connectivity index (χ3n) is 3.46. The molecule has 0 radical (unpaired) electrons. The predicted molar refractivity (Wildman–Crippen MR) is 95.2 cm³/mol. The molecule has 1 heterocycles. The first-order chi connectivity index (χ1) is 11.1. The van der Waals surface area contributed by atoms with Gasteiger partial charge in [0.05, 0.1) is 5.01 Å². The topological polar surface area (TPSA) is 42.0 Å². The SMILES string of the molecule is Cc1cc(C)cc(NC(=O)c2csc(Cc3ccccc3)n2)c1. The molecule has 1 N–H and O–H groups in total. The van der Waals surface area contributed by atoms with Crippen LogP contribution in [-0.4, -0.2) is 10.9 Å². The summed E-state index contributed by atoms with van der Waals surface area (Å²) in [4.78, 5) is 16.8. The first-order valence-corrected chi connectivity index (χ1v) is 8.36. The summed E-state index contributed by atoms with van der Waals surface area (Å²) in [5, 5.41) is 5.68. The molecule has 1 amide bonds. The highest BCUT2D eigenvalue weighted by atomic mass is 32.1. The highest BCUT2D eigenvalue weighted by Crippen LogP contribution is 2.18. The average Bonchev–Trinajstić information content (AvgIpc) is 2.96. The van der Waals surface area contributed by atoms with Crippen LogP contribution in [0.2, 0.25) is 0 Å². The molecule has 0 aliphatic carbocycles. The van der Waals surface area contributed by atoms with Crippen molar-refractivity contribution in [3.05, 3.63) is 81.3 Å². The van der Waals surface area contributed by atoms with Gasteiger partial charge >= 0.3 is 0 Å². The number of nitrogens with one attached hydrogen (secondary N) is 1. The van der Waals surface area contributed by atoms with Crippen LogP contribution < -0.4 is 5.32 Å². The second-order valence-electron chi connectivity index (χ2n) is 5.62. The summed E-state index contributed by atoms with van der Waals surface area (Å²) in [7, 11) is 0. The molecule has 0 saturated carbocycles. The van der Waals surface area contributed by atoms with E-state index in [4.69, 9.17) is 0 Å². The third kappa shape index (κ3) is 4.05. The summed E-state index contributed by atoms with van der Waals surface area (Å²) in [6.07, 6.45) is 0.752. The minimum absolute atomic E-state index is 0.162. The van der Waals surface area contributed by atoms with Crippen molar-refractivity contribution < 1.29 is 4.79 Å². The maximum absolute atomic E-state index is 12.3. The van der Waals surface area contributed by atoms with E-state index in [1.54, 1.807) is 0 Å². The van der Waals surface area contributed by atoms with Crippen molar-refractivity contribution in [1.29, 1.82) is 0 Å². The molecule has 3 rings (SSSR count). The molecule has 0 unspecified atom stereocenters. The zero-order valence-corrected chi connectivity index (χ0v) is 14.0. The molecular weight excluding hydrogens is 304 g/mol. The molecule has 23 heavy (non-hydrogen) atoms. The number of hydrogen-bond donors (Lipinski definition) is 1. The second kappa shape index (κ2) is 6.75. The molecule has 4 heteroatoms. The van der Waals surface area contributed by atoms with Crippen molar-refractivity contribution >= 4 is 22.9 Å². The molecule has 0 aliphatic rings. The molecule has 1 aromatic heterocycles. The van der Waals surface area contributed by atoms with E-state index >= 15 is 0 Å². The normalized spacial score (nSPS) is 10.5. The number of rotatable bonds is 4. The smallest absolute Gasteiger partial charge is 0.275 e. The summed E-state index contributed by atoms with van der Waals surface area (Å²) in [5.74, 6) is -0.162. The van der Waals surface area contributed by atoms with Gasteiger partial charge in [0.2, 0.25) is 0 Å².